The predicted molar refractivity (Wildman–Crippen MR) is 161 cm³/mol. The van der Waals surface area contributed by atoms with E-state index in [-0.39, 0.29) is 5.91 Å². The molecule has 208 valence electrons. The van der Waals surface area contributed by atoms with Crippen LogP contribution in [0.25, 0.3) is 10.9 Å². The van der Waals surface area contributed by atoms with Crippen molar-refractivity contribution in [2.75, 3.05) is 14.2 Å². The van der Waals surface area contributed by atoms with Gasteiger partial charge in [-0.1, -0.05) is 85.8 Å². The van der Waals surface area contributed by atoms with Gasteiger partial charge in [-0.2, -0.15) is 0 Å². The summed E-state index contributed by atoms with van der Waals surface area (Å²) in [5.74, 6) is -0.714. The normalized spacial score (nSPS) is 13.2. The number of aromatic nitrogens is 1. The SMILES string of the molecule is CC[C@@H](c1cn(Cc2ccccc2)c2ccccc12)[C@@](NC(=O)c1ccc(OC)cc1)(C(=O)OC)c1ccccc1. The molecule has 0 bridgehead atoms. The van der Waals surface area contributed by atoms with Crippen molar-refractivity contribution in [3.8, 4) is 5.75 Å². The molecule has 6 nitrogen and oxygen atoms in total. The minimum absolute atomic E-state index is 0.381. The molecule has 0 aliphatic carbocycles. The van der Waals surface area contributed by atoms with E-state index >= 15 is 0 Å². The summed E-state index contributed by atoms with van der Waals surface area (Å²) in [5, 5.41) is 4.19. The Morgan fingerprint density at radius 3 is 2.10 bits per heavy atom. The summed E-state index contributed by atoms with van der Waals surface area (Å²) in [6.45, 7) is 2.71. The van der Waals surface area contributed by atoms with Gasteiger partial charge in [-0.25, -0.2) is 4.79 Å². The lowest BCUT2D eigenvalue weighted by atomic mass is 9.72. The zero-order valence-corrected chi connectivity index (χ0v) is 23.5. The highest BCUT2D eigenvalue weighted by molar-refractivity contribution is 5.99. The van der Waals surface area contributed by atoms with Gasteiger partial charge < -0.3 is 19.4 Å². The summed E-state index contributed by atoms with van der Waals surface area (Å²) in [5.41, 5.74) is 2.75. The van der Waals surface area contributed by atoms with Crippen LogP contribution in [0.2, 0.25) is 0 Å². The molecule has 5 rings (SSSR count). The van der Waals surface area contributed by atoms with E-state index in [0.29, 0.717) is 29.8 Å². The van der Waals surface area contributed by atoms with Crippen molar-refractivity contribution < 1.29 is 19.1 Å². The highest BCUT2D eigenvalue weighted by atomic mass is 16.5. The molecule has 0 aliphatic rings. The van der Waals surface area contributed by atoms with Crippen LogP contribution in [-0.4, -0.2) is 30.7 Å². The Hall–Kier alpha value is -4.84. The second-order valence-electron chi connectivity index (χ2n) is 10.0. The van der Waals surface area contributed by atoms with Crippen molar-refractivity contribution in [3.63, 3.8) is 0 Å². The number of nitrogens with one attached hydrogen (secondary N) is 1. The Labute approximate surface area is 240 Å². The van der Waals surface area contributed by atoms with Gasteiger partial charge in [-0.15, -0.1) is 0 Å². The van der Waals surface area contributed by atoms with Crippen LogP contribution in [0.3, 0.4) is 0 Å². The molecule has 41 heavy (non-hydrogen) atoms. The number of hydrogen-bond donors (Lipinski definition) is 1. The second kappa shape index (κ2) is 12.1. The lowest BCUT2D eigenvalue weighted by Gasteiger charge is -2.39. The molecule has 0 unspecified atom stereocenters. The van der Waals surface area contributed by atoms with E-state index in [1.54, 1.807) is 31.4 Å². The first-order valence-electron chi connectivity index (χ1n) is 13.7. The Morgan fingerprint density at radius 1 is 0.829 bits per heavy atom. The minimum Gasteiger partial charge on any atom is -0.497 e. The smallest absolute Gasteiger partial charge is 0.336 e. The minimum atomic E-state index is -1.50. The van der Waals surface area contributed by atoms with Crippen molar-refractivity contribution >= 4 is 22.8 Å². The molecular weight excluding hydrogens is 512 g/mol. The van der Waals surface area contributed by atoms with Gasteiger partial charge in [0.2, 0.25) is 0 Å². The average Bonchev–Trinajstić information content (AvgIpc) is 3.38. The summed E-state index contributed by atoms with van der Waals surface area (Å²) in [6.07, 6.45) is 2.68. The zero-order chi connectivity index (χ0) is 28.8. The summed E-state index contributed by atoms with van der Waals surface area (Å²) >= 11 is 0. The number of ether oxygens (including phenoxy) is 2. The van der Waals surface area contributed by atoms with Crippen molar-refractivity contribution in [2.24, 2.45) is 0 Å². The van der Waals surface area contributed by atoms with E-state index in [4.69, 9.17) is 9.47 Å². The number of benzene rings is 4. The molecule has 0 saturated heterocycles. The molecule has 1 N–H and O–H groups in total. The third-order valence-electron chi connectivity index (χ3n) is 7.72. The van der Waals surface area contributed by atoms with E-state index in [9.17, 15) is 9.59 Å². The molecule has 0 aliphatic heterocycles. The van der Waals surface area contributed by atoms with Crippen molar-refractivity contribution in [3.05, 3.63) is 138 Å². The third-order valence-corrected chi connectivity index (χ3v) is 7.72. The number of carbonyl (C=O) groups is 2. The highest BCUT2D eigenvalue weighted by Gasteiger charge is 2.50. The maximum Gasteiger partial charge on any atom is 0.336 e. The molecular formula is C35H34N2O4. The van der Waals surface area contributed by atoms with Crippen LogP contribution in [0.4, 0.5) is 0 Å². The van der Waals surface area contributed by atoms with Crippen LogP contribution in [-0.2, 0) is 21.6 Å². The van der Waals surface area contributed by atoms with Gasteiger partial charge in [-0.05, 0) is 53.4 Å². The van der Waals surface area contributed by atoms with Gasteiger partial charge in [0.15, 0.2) is 5.54 Å². The first-order chi connectivity index (χ1) is 20.0. The monoisotopic (exact) mass is 546 g/mol. The number of carbonyl (C=O) groups excluding carboxylic acids is 2. The van der Waals surface area contributed by atoms with Crippen LogP contribution in [0.1, 0.15) is 46.3 Å². The average molecular weight is 547 g/mol. The second-order valence-corrected chi connectivity index (χ2v) is 10.0. The van der Waals surface area contributed by atoms with Crippen LogP contribution in [0.5, 0.6) is 5.75 Å². The number of hydrogen-bond acceptors (Lipinski definition) is 4. The fraction of sp³-hybridized carbons (Fsp3) is 0.200. The van der Waals surface area contributed by atoms with Crippen LogP contribution >= 0.6 is 0 Å². The molecule has 6 heteroatoms. The first-order valence-corrected chi connectivity index (χ1v) is 13.7. The first kappa shape index (κ1) is 27.7. The highest BCUT2D eigenvalue weighted by Crippen LogP contribution is 2.44. The Bertz CT molecular complexity index is 1630. The van der Waals surface area contributed by atoms with E-state index in [2.05, 4.69) is 40.3 Å². The Morgan fingerprint density at radius 2 is 1.46 bits per heavy atom. The molecule has 1 heterocycles. The van der Waals surface area contributed by atoms with Gasteiger partial charge in [0.1, 0.15) is 5.75 Å². The molecule has 4 aromatic carbocycles. The molecule has 0 spiro atoms. The molecule has 1 amide bonds. The summed E-state index contributed by atoms with van der Waals surface area (Å²) < 4.78 is 13.0. The number of amides is 1. The van der Waals surface area contributed by atoms with E-state index in [0.717, 1.165) is 16.5 Å². The maximum absolute atomic E-state index is 14.0. The molecule has 0 saturated carbocycles. The molecule has 5 aromatic rings. The van der Waals surface area contributed by atoms with Crippen molar-refractivity contribution in [2.45, 2.75) is 31.3 Å². The molecule has 1 aromatic heterocycles. The molecule has 0 fully saturated rings. The number of para-hydroxylation sites is 1. The topological polar surface area (TPSA) is 69.6 Å². The van der Waals surface area contributed by atoms with E-state index in [1.807, 2.05) is 67.6 Å². The van der Waals surface area contributed by atoms with Gasteiger partial charge >= 0.3 is 5.97 Å². The van der Waals surface area contributed by atoms with Gasteiger partial charge in [-0.3, -0.25) is 4.79 Å². The Kier molecular flexibility index (Phi) is 8.20. The standard InChI is InChI=1S/C35H34N2O4/c1-4-31(30-24-37(23-25-13-7-5-8-14-25)32-18-12-11-17-29(30)32)35(34(39)41-3,27-15-9-6-10-16-27)36-33(38)26-19-21-28(40-2)22-20-26/h5-22,24,31H,4,23H2,1-3H3,(H,36,38)/t31-,35+/m0/s1. The van der Waals surface area contributed by atoms with Gasteiger partial charge in [0, 0.05) is 35.1 Å². The quantitative estimate of drug-likeness (QED) is 0.198. The number of fused-ring (bicyclic) bond motifs is 1. The third kappa shape index (κ3) is 5.33. The predicted octanol–water partition coefficient (Wildman–Crippen LogP) is 6.69. The van der Waals surface area contributed by atoms with Crippen LogP contribution < -0.4 is 10.1 Å². The maximum atomic E-state index is 14.0. The van der Waals surface area contributed by atoms with Gasteiger partial charge in [0.05, 0.1) is 14.2 Å². The zero-order valence-electron chi connectivity index (χ0n) is 23.5. The van der Waals surface area contributed by atoms with Crippen molar-refractivity contribution in [1.82, 2.24) is 9.88 Å². The fourth-order valence-corrected chi connectivity index (χ4v) is 5.75. The Balaban J connectivity index is 1.69. The largest absolute Gasteiger partial charge is 0.497 e. The number of esters is 1. The number of rotatable bonds is 10. The van der Waals surface area contributed by atoms with Crippen molar-refractivity contribution in [1.29, 1.82) is 0 Å². The summed E-state index contributed by atoms with van der Waals surface area (Å²) in [4.78, 5) is 27.9. The van der Waals surface area contributed by atoms with Crippen LogP contribution in [0, 0.1) is 0 Å². The van der Waals surface area contributed by atoms with E-state index < -0.39 is 17.4 Å². The summed E-state index contributed by atoms with van der Waals surface area (Å²) in [7, 11) is 2.94. The fourth-order valence-electron chi connectivity index (χ4n) is 5.75. The summed E-state index contributed by atoms with van der Waals surface area (Å²) in [6, 6.07) is 34.7. The molecule has 2 atom stereocenters. The van der Waals surface area contributed by atoms with E-state index in [1.165, 1.54) is 12.7 Å². The van der Waals surface area contributed by atoms with Crippen LogP contribution in [0.15, 0.2) is 115 Å². The number of methoxy groups -OCH3 is 2. The lowest BCUT2D eigenvalue weighted by molar-refractivity contribution is -0.150. The van der Waals surface area contributed by atoms with Gasteiger partial charge in [0.25, 0.3) is 5.91 Å². The number of nitrogens with zero attached hydrogens (tertiary/aromatic N) is 1. The lowest BCUT2D eigenvalue weighted by Crippen LogP contribution is -2.56. The molecule has 0 radical (unpaired) electrons.